The summed E-state index contributed by atoms with van der Waals surface area (Å²) in [6.45, 7) is 2.12. The first-order valence-corrected chi connectivity index (χ1v) is 8.64. The Morgan fingerprint density at radius 3 is 2.71 bits per heavy atom. The molecule has 0 amide bonds. The number of hydrogen-bond donors (Lipinski definition) is 0. The maximum absolute atomic E-state index is 12.3. The summed E-state index contributed by atoms with van der Waals surface area (Å²) in [5, 5.41) is -0.339. The molecule has 21 heavy (non-hydrogen) atoms. The largest absolute Gasteiger partial charge is 0.495 e. The number of carbonyl (C=O) groups excluding carboxylic acids is 1. The Morgan fingerprint density at radius 1 is 1.48 bits per heavy atom. The SMILES string of the molecule is COc1ccc(C(=O)CS(=O)(=O)C2CCOC2C)cc1Cl. The molecule has 2 atom stereocenters. The number of Topliss-reactive ketones (excluding diaryl/α,β-unsaturated/α-hetero) is 1. The lowest BCUT2D eigenvalue weighted by atomic mass is 10.1. The molecule has 1 aromatic rings. The summed E-state index contributed by atoms with van der Waals surface area (Å²) in [7, 11) is -2.07. The Morgan fingerprint density at radius 2 is 2.19 bits per heavy atom. The molecule has 1 aromatic carbocycles. The molecule has 0 spiro atoms. The second kappa shape index (κ2) is 6.34. The van der Waals surface area contributed by atoms with Crippen LogP contribution in [-0.4, -0.2) is 45.0 Å². The summed E-state index contributed by atoms with van der Waals surface area (Å²) in [6, 6.07) is 4.48. The monoisotopic (exact) mass is 332 g/mol. The normalized spacial score (nSPS) is 22.2. The Kier molecular flexibility index (Phi) is 4.91. The summed E-state index contributed by atoms with van der Waals surface area (Å²) >= 11 is 5.95. The van der Waals surface area contributed by atoms with E-state index in [1.807, 2.05) is 0 Å². The highest BCUT2D eigenvalue weighted by Gasteiger charge is 2.37. The van der Waals surface area contributed by atoms with Crippen LogP contribution in [0.3, 0.4) is 0 Å². The first-order valence-electron chi connectivity index (χ1n) is 6.55. The van der Waals surface area contributed by atoms with E-state index in [-0.39, 0.29) is 16.7 Å². The Balaban J connectivity index is 2.16. The first-order chi connectivity index (χ1) is 9.85. The molecule has 0 aliphatic carbocycles. The van der Waals surface area contributed by atoms with Crippen molar-refractivity contribution in [3.8, 4) is 5.75 Å². The maximum atomic E-state index is 12.3. The van der Waals surface area contributed by atoms with E-state index in [9.17, 15) is 13.2 Å². The first kappa shape index (κ1) is 16.3. The van der Waals surface area contributed by atoms with Gasteiger partial charge in [-0.05, 0) is 31.5 Å². The predicted octanol–water partition coefficient (Wildman–Crippen LogP) is 2.12. The van der Waals surface area contributed by atoms with Gasteiger partial charge < -0.3 is 9.47 Å². The third kappa shape index (κ3) is 3.56. The van der Waals surface area contributed by atoms with Gasteiger partial charge >= 0.3 is 0 Å². The average molecular weight is 333 g/mol. The number of carbonyl (C=O) groups is 1. The standard InChI is InChI=1S/C14H17ClO5S/c1-9-14(5-6-20-9)21(17,18)8-12(16)10-3-4-13(19-2)11(15)7-10/h3-4,7,9,14H,5-6,8H2,1-2H3. The molecule has 2 unspecified atom stereocenters. The van der Waals surface area contributed by atoms with Crippen LogP contribution in [0.1, 0.15) is 23.7 Å². The van der Waals surface area contributed by atoms with Gasteiger partial charge in [-0.25, -0.2) is 8.42 Å². The number of ether oxygens (including phenoxy) is 2. The minimum atomic E-state index is -3.53. The molecule has 1 heterocycles. The summed E-state index contributed by atoms with van der Waals surface area (Å²) in [6.07, 6.45) is 0.0578. The van der Waals surface area contributed by atoms with Crippen LogP contribution >= 0.6 is 11.6 Å². The van der Waals surface area contributed by atoms with Crippen molar-refractivity contribution < 1.29 is 22.7 Å². The molecule has 1 fully saturated rings. The highest BCUT2D eigenvalue weighted by Crippen LogP contribution is 2.26. The molecule has 1 saturated heterocycles. The van der Waals surface area contributed by atoms with Crippen molar-refractivity contribution in [3.05, 3.63) is 28.8 Å². The molecular formula is C14H17ClO5S. The number of sulfone groups is 1. The highest BCUT2D eigenvalue weighted by atomic mass is 35.5. The second-order valence-electron chi connectivity index (χ2n) is 4.98. The van der Waals surface area contributed by atoms with Gasteiger partial charge in [0.1, 0.15) is 11.5 Å². The summed E-state index contributed by atoms with van der Waals surface area (Å²) in [5.41, 5.74) is 0.260. The van der Waals surface area contributed by atoms with Gasteiger partial charge in [0.05, 0.1) is 23.5 Å². The van der Waals surface area contributed by atoms with E-state index in [2.05, 4.69) is 0 Å². The lowest BCUT2D eigenvalue weighted by Crippen LogP contribution is -2.32. The molecule has 0 bridgehead atoms. The molecule has 0 aromatic heterocycles. The van der Waals surface area contributed by atoms with Crippen LogP contribution < -0.4 is 4.74 Å². The second-order valence-corrected chi connectivity index (χ2v) is 7.61. The summed E-state index contributed by atoms with van der Waals surface area (Å²) in [4.78, 5) is 12.2. The number of hydrogen-bond acceptors (Lipinski definition) is 5. The third-order valence-corrected chi connectivity index (χ3v) is 6.08. The van der Waals surface area contributed by atoms with Crippen molar-refractivity contribution in [1.82, 2.24) is 0 Å². The van der Waals surface area contributed by atoms with Crippen molar-refractivity contribution in [3.63, 3.8) is 0 Å². The number of methoxy groups -OCH3 is 1. The van der Waals surface area contributed by atoms with Gasteiger partial charge in [-0.15, -0.1) is 0 Å². The smallest absolute Gasteiger partial charge is 0.177 e. The van der Waals surface area contributed by atoms with Crippen LogP contribution in [0.5, 0.6) is 5.75 Å². The van der Waals surface area contributed by atoms with Crippen molar-refractivity contribution in [2.45, 2.75) is 24.7 Å². The van der Waals surface area contributed by atoms with E-state index in [1.54, 1.807) is 13.0 Å². The summed E-state index contributed by atoms with van der Waals surface area (Å²) < 4.78 is 34.8. The number of benzene rings is 1. The van der Waals surface area contributed by atoms with E-state index < -0.39 is 26.6 Å². The van der Waals surface area contributed by atoms with E-state index in [0.717, 1.165) is 0 Å². The van der Waals surface area contributed by atoms with Crippen molar-refractivity contribution in [2.75, 3.05) is 19.5 Å². The maximum Gasteiger partial charge on any atom is 0.177 e. The number of ketones is 1. The molecule has 0 radical (unpaired) electrons. The third-order valence-electron chi connectivity index (χ3n) is 3.57. The van der Waals surface area contributed by atoms with Crippen LogP contribution in [-0.2, 0) is 14.6 Å². The summed E-state index contributed by atoms with van der Waals surface area (Å²) in [5.74, 6) is -0.568. The molecule has 0 saturated carbocycles. The molecule has 7 heteroatoms. The van der Waals surface area contributed by atoms with Crippen LogP contribution in [0, 0.1) is 0 Å². The molecular weight excluding hydrogens is 316 g/mol. The minimum Gasteiger partial charge on any atom is -0.495 e. The molecule has 2 rings (SSSR count). The van der Waals surface area contributed by atoms with Crippen molar-refractivity contribution in [2.24, 2.45) is 0 Å². The Labute approximate surface area is 129 Å². The van der Waals surface area contributed by atoms with E-state index in [0.29, 0.717) is 18.8 Å². The highest BCUT2D eigenvalue weighted by molar-refractivity contribution is 7.92. The van der Waals surface area contributed by atoms with Crippen molar-refractivity contribution >= 4 is 27.2 Å². The zero-order valence-corrected chi connectivity index (χ0v) is 13.4. The van der Waals surface area contributed by atoms with Crippen LogP contribution in [0.15, 0.2) is 18.2 Å². The van der Waals surface area contributed by atoms with Gasteiger partial charge in [0.15, 0.2) is 15.6 Å². The predicted molar refractivity (Wildman–Crippen MR) is 79.9 cm³/mol. The zero-order valence-electron chi connectivity index (χ0n) is 11.8. The Hall–Kier alpha value is -1.11. The molecule has 116 valence electrons. The number of rotatable bonds is 5. The molecule has 5 nitrogen and oxygen atoms in total. The van der Waals surface area contributed by atoms with Gasteiger partial charge in [-0.2, -0.15) is 0 Å². The van der Waals surface area contributed by atoms with Gasteiger partial charge in [0, 0.05) is 12.2 Å². The van der Waals surface area contributed by atoms with Gasteiger partial charge in [0.25, 0.3) is 0 Å². The minimum absolute atomic E-state index is 0.260. The lowest BCUT2D eigenvalue weighted by Gasteiger charge is -2.14. The fourth-order valence-electron chi connectivity index (χ4n) is 2.40. The molecule has 1 aliphatic rings. The quantitative estimate of drug-likeness (QED) is 0.772. The van der Waals surface area contributed by atoms with Crippen molar-refractivity contribution in [1.29, 1.82) is 0 Å². The molecule has 0 N–H and O–H groups in total. The Bertz CT molecular complexity index is 641. The fraction of sp³-hybridized carbons (Fsp3) is 0.500. The topological polar surface area (TPSA) is 69.7 Å². The van der Waals surface area contributed by atoms with Crippen LogP contribution in [0.4, 0.5) is 0 Å². The van der Waals surface area contributed by atoms with Gasteiger partial charge in [-0.1, -0.05) is 11.6 Å². The fourth-order valence-corrected chi connectivity index (χ4v) is 4.52. The van der Waals surface area contributed by atoms with E-state index in [1.165, 1.54) is 19.2 Å². The van der Waals surface area contributed by atoms with Crippen LogP contribution in [0.25, 0.3) is 0 Å². The molecule has 1 aliphatic heterocycles. The number of halogens is 1. The van der Waals surface area contributed by atoms with Crippen LogP contribution in [0.2, 0.25) is 5.02 Å². The lowest BCUT2D eigenvalue weighted by molar-refractivity contribution is 0.102. The van der Waals surface area contributed by atoms with E-state index >= 15 is 0 Å². The zero-order chi connectivity index (χ0) is 15.6. The van der Waals surface area contributed by atoms with Gasteiger partial charge in [-0.3, -0.25) is 4.79 Å². The van der Waals surface area contributed by atoms with E-state index in [4.69, 9.17) is 21.1 Å². The van der Waals surface area contributed by atoms with Gasteiger partial charge in [0.2, 0.25) is 0 Å². The average Bonchev–Trinajstić information content (AvgIpc) is 2.85.